The lowest BCUT2D eigenvalue weighted by Crippen LogP contribution is -2.58. The van der Waals surface area contributed by atoms with Gasteiger partial charge >= 0.3 is 11.9 Å². The van der Waals surface area contributed by atoms with Crippen molar-refractivity contribution in [2.24, 2.45) is 11.5 Å². The van der Waals surface area contributed by atoms with E-state index >= 15 is 0 Å². The zero-order valence-electron chi connectivity index (χ0n) is 20.2. The van der Waals surface area contributed by atoms with Crippen molar-refractivity contribution in [1.82, 2.24) is 20.9 Å². The van der Waals surface area contributed by atoms with Gasteiger partial charge in [0.05, 0.1) is 12.5 Å². The van der Waals surface area contributed by atoms with Crippen molar-refractivity contribution >= 4 is 59.1 Å². The number of rotatable bonds is 15. The molecule has 0 spiro atoms. The first kappa shape index (κ1) is 30.1. The molecule has 0 bridgehead atoms. The number of nitrogens with one attached hydrogen (secondary N) is 4. The summed E-state index contributed by atoms with van der Waals surface area (Å²) in [5.41, 5.74) is 12.0. The molecule has 14 nitrogen and oxygen atoms in total. The summed E-state index contributed by atoms with van der Waals surface area (Å²) in [6, 6.07) is 1.74. The predicted octanol–water partition coefficient (Wildman–Crippen LogP) is -1.75. The summed E-state index contributed by atoms with van der Waals surface area (Å²) >= 11 is 4.05. The van der Waals surface area contributed by atoms with Gasteiger partial charge in [0, 0.05) is 35.7 Å². The summed E-state index contributed by atoms with van der Waals surface area (Å²) < 4.78 is 0. The second kappa shape index (κ2) is 14.0. The monoisotopic (exact) mass is 550 g/mol. The molecule has 2 rings (SSSR count). The molecule has 0 aliphatic heterocycles. The number of hydrogen-bond donors (Lipinski definition) is 9. The number of carboxylic acid groups (broad SMARTS) is 2. The number of carbonyl (C=O) groups is 6. The van der Waals surface area contributed by atoms with Crippen molar-refractivity contribution in [3.63, 3.8) is 0 Å². The molecule has 1 aromatic carbocycles. The topological polar surface area (TPSA) is 247 Å². The average Bonchev–Trinajstić information content (AvgIpc) is 3.26. The van der Waals surface area contributed by atoms with Gasteiger partial charge < -0.3 is 42.6 Å². The lowest BCUT2D eigenvalue weighted by Gasteiger charge is -2.24. The van der Waals surface area contributed by atoms with Gasteiger partial charge in [-0.3, -0.25) is 24.0 Å². The normalized spacial score (nSPS) is 14.1. The number of aromatic amines is 1. The minimum Gasteiger partial charge on any atom is -0.481 e. The number of carboxylic acids is 2. The van der Waals surface area contributed by atoms with Crippen LogP contribution < -0.4 is 27.4 Å². The second-order valence-corrected chi connectivity index (χ2v) is 8.84. The fourth-order valence-corrected chi connectivity index (χ4v) is 3.83. The maximum atomic E-state index is 13.2. The van der Waals surface area contributed by atoms with Crippen LogP contribution in [0.2, 0.25) is 0 Å². The Bertz CT molecular complexity index is 1200. The molecule has 0 aliphatic carbocycles. The SMILES string of the molecule is NC(=O)CCC(NC(=O)C(Cc1c[nH]c2ccccc12)NC(=O)C(CS)NC(=O)C(N)CC(=O)O)C(=O)O. The van der Waals surface area contributed by atoms with E-state index in [4.69, 9.17) is 16.6 Å². The molecular weight excluding hydrogens is 520 g/mol. The van der Waals surface area contributed by atoms with E-state index in [0.717, 1.165) is 10.9 Å². The number of carbonyl (C=O) groups excluding carboxylic acids is 4. The highest BCUT2D eigenvalue weighted by atomic mass is 32.1. The number of H-pyrrole nitrogens is 1. The Hall–Kier alpha value is -4.11. The van der Waals surface area contributed by atoms with Crippen LogP contribution in [0.1, 0.15) is 24.8 Å². The van der Waals surface area contributed by atoms with Crippen LogP contribution in [0.15, 0.2) is 30.5 Å². The Kier molecular flexibility index (Phi) is 11.1. The number of hydrogen-bond acceptors (Lipinski definition) is 8. The number of amides is 4. The standard InChI is InChI=1S/C23H30N6O8S/c24-13(8-19(31)32)20(33)29-17(10-38)22(35)28-16(7-11-9-26-14-4-2-1-3-12(11)14)21(34)27-15(23(36)37)5-6-18(25)30/h1-4,9,13,15-17,26,38H,5-8,10,24H2,(H2,25,30)(H,27,34)(H,28,35)(H,29,33)(H,31,32)(H,36,37). The Balaban J connectivity index is 2.26. The number of thiol groups is 1. The van der Waals surface area contributed by atoms with E-state index in [1.807, 2.05) is 6.07 Å². The Morgan fingerprint density at radius 3 is 2.13 bits per heavy atom. The van der Waals surface area contributed by atoms with Crippen molar-refractivity contribution in [2.45, 2.75) is 49.9 Å². The molecule has 0 saturated carbocycles. The van der Waals surface area contributed by atoms with Crippen molar-refractivity contribution in [2.75, 3.05) is 5.75 Å². The number of primary amides is 1. The van der Waals surface area contributed by atoms with Gasteiger partial charge in [-0.05, 0) is 18.1 Å². The lowest BCUT2D eigenvalue weighted by molar-refractivity contribution is -0.142. The minimum absolute atomic E-state index is 0.0600. The highest BCUT2D eigenvalue weighted by molar-refractivity contribution is 7.80. The molecule has 2 aromatic rings. The maximum absolute atomic E-state index is 13.2. The summed E-state index contributed by atoms with van der Waals surface area (Å²) in [7, 11) is 0. The Morgan fingerprint density at radius 1 is 0.921 bits per heavy atom. The highest BCUT2D eigenvalue weighted by Crippen LogP contribution is 2.19. The molecule has 4 unspecified atom stereocenters. The zero-order valence-corrected chi connectivity index (χ0v) is 21.1. The smallest absolute Gasteiger partial charge is 0.326 e. The molecule has 0 fully saturated rings. The van der Waals surface area contributed by atoms with Gasteiger partial charge in [0.2, 0.25) is 23.6 Å². The van der Waals surface area contributed by atoms with Crippen molar-refractivity contribution in [3.05, 3.63) is 36.0 Å². The number of benzene rings is 1. The van der Waals surface area contributed by atoms with Crippen LogP contribution in [0, 0.1) is 0 Å². The molecule has 4 atom stereocenters. The van der Waals surface area contributed by atoms with E-state index < -0.39 is 66.2 Å². The third-order valence-electron chi connectivity index (χ3n) is 5.57. The van der Waals surface area contributed by atoms with E-state index in [0.29, 0.717) is 5.56 Å². The molecular formula is C23H30N6O8S. The van der Waals surface area contributed by atoms with E-state index in [-0.39, 0.29) is 25.0 Å². The van der Waals surface area contributed by atoms with E-state index in [1.54, 1.807) is 24.4 Å². The first-order chi connectivity index (χ1) is 17.9. The largest absolute Gasteiger partial charge is 0.481 e. The quantitative estimate of drug-likeness (QED) is 0.114. The molecule has 15 heteroatoms. The number of aliphatic carboxylic acids is 2. The number of aromatic nitrogens is 1. The van der Waals surface area contributed by atoms with Crippen LogP contribution in [0.5, 0.6) is 0 Å². The minimum atomic E-state index is -1.45. The fourth-order valence-electron chi connectivity index (χ4n) is 3.57. The van der Waals surface area contributed by atoms with Crippen molar-refractivity contribution in [1.29, 1.82) is 0 Å². The molecule has 0 saturated heterocycles. The molecule has 4 amide bonds. The molecule has 1 aromatic heterocycles. The predicted molar refractivity (Wildman–Crippen MR) is 138 cm³/mol. The van der Waals surface area contributed by atoms with Gasteiger partial charge in [-0.25, -0.2) is 4.79 Å². The molecule has 206 valence electrons. The van der Waals surface area contributed by atoms with Crippen molar-refractivity contribution in [3.8, 4) is 0 Å². The van der Waals surface area contributed by atoms with Crippen LogP contribution in [0.25, 0.3) is 10.9 Å². The molecule has 38 heavy (non-hydrogen) atoms. The number of fused-ring (bicyclic) bond motifs is 1. The van der Waals surface area contributed by atoms with Crippen LogP contribution in [-0.2, 0) is 35.2 Å². The summed E-state index contributed by atoms with van der Waals surface area (Å²) in [6.45, 7) is 0. The summed E-state index contributed by atoms with van der Waals surface area (Å²) in [5.74, 6) is -6.26. The van der Waals surface area contributed by atoms with Crippen LogP contribution in [-0.4, -0.2) is 80.7 Å². The zero-order chi connectivity index (χ0) is 28.4. The number of para-hydroxylation sites is 1. The third kappa shape index (κ3) is 8.77. The van der Waals surface area contributed by atoms with E-state index in [2.05, 4.69) is 33.6 Å². The first-order valence-corrected chi connectivity index (χ1v) is 12.1. The third-order valence-corrected chi connectivity index (χ3v) is 5.94. The van der Waals surface area contributed by atoms with Gasteiger partial charge in [-0.15, -0.1) is 0 Å². The Morgan fingerprint density at radius 2 is 1.53 bits per heavy atom. The summed E-state index contributed by atoms with van der Waals surface area (Å²) in [4.78, 5) is 75.0. The van der Waals surface area contributed by atoms with Crippen LogP contribution in [0.3, 0.4) is 0 Å². The van der Waals surface area contributed by atoms with Crippen molar-refractivity contribution < 1.29 is 39.0 Å². The summed E-state index contributed by atoms with van der Waals surface area (Å²) in [6.07, 6.45) is 0.361. The van der Waals surface area contributed by atoms with Gasteiger partial charge in [-0.2, -0.15) is 12.6 Å². The number of nitrogens with two attached hydrogens (primary N) is 2. The molecule has 10 N–H and O–H groups in total. The van der Waals surface area contributed by atoms with Crippen LogP contribution in [0.4, 0.5) is 0 Å². The second-order valence-electron chi connectivity index (χ2n) is 8.48. The van der Waals surface area contributed by atoms with Crippen LogP contribution >= 0.6 is 12.6 Å². The van der Waals surface area contributed by atoms with Gasteiger partial charge in [0.15, 0.2) is 0 Å². The molecule has 0 radical (unpaired) electrons. The molecule has 0 aliphatic rings. The molecule has 1 heterocycles. The van der Waals surface area contributed by atoms with E-state index in [9.17, 15) is 33.9 Å². The van der Waals surface area contributed by atoms with E-state index in [1.165, 1.54) is 0 Å². The first-order valence-electron chi connectivity index (χ1n) is 11.5. The Labute approximate surface area is 222 Å². The fraction of sp³-hybridized carbons (Fsp3) is 0.391. The average molecular weight is 551 g/mol. The van der Waals surface area contributed by atoms with Gasteiger partial charge in [-0.1, -0.05) is 18.2 Å². The van der Waals surface area contributed by atoms with Gasteiger partial charge in [0.25, 0.3) is 0 Å². The summed E-state index contributed by atoms with van der Waals surface area (Å²) in [5, 5.41) is 26.2. The van der Waals surface area contributed by atoms with Gasteiger partial charge in [0.1, 0.15) is 18.1 Å². The highest BCUT2D eigenvalue weighted by Gasteiger charge is 2.31. The lowest BCUT2D eigenvalue weighted by atomic mass is 10.0. The maximum Gasteiger partial charge on any atom is 0.326 e.